The Morgan fingerprint density at radius 2 is 1.41 bits per heavy atom. The molecule has 1 fully saturated rings. The molecule has 0 radical (unpaired) electrons. The fourth-order valence-corrected chi connectivity index (χ4v) is 4.29. The van der Waals surface area contributed by atoms with Crippen LogP contribution in [0.25, 0.3) is 6.08 Å². The summed E-state index contributed by atoms with van der Waals surface area (Å²) < 4.78 is 5.97. The number of benzene rings is 4. The third-order valence-corrected chi connectivity index (χ3v) is 6.26. The molecule has 4 aromatic rings. The second-order valence-corrected chi connectivity index (χ2v) is 8.94. The predicted octanol–water partition coefficient (Wildman–Crippen LogP) is 7.68. The van der Waals surface area contributed by atoms with Gasteiger partial charge in [-0.25, -0.2) is 0 Å². The first-order valence-corrected chi connectivity index (χ1v) is 12.4. The molecule has 0 aliphatic carbocycles. The van der Waals surface area contributed by atoms with Crippen molar-refractivity contribution in [3.8, 4) is 0 Å². The van der Waals surface area contributed by atoms with Crippen LogP contribution >= 0.6 is 0 Å². The van der Waals surface area contributed by atoms with Crippen LogP contribution < -0.4 is 4.90 Å². The van der Waals surface area contributed by atoms with Gasteiger partial charge >= 0.3 is 6.02 Å². The minimum Gasteiger partial charge on any atom is -0.419 e. The third kappa shape index (κ3) is 5.16. The fraction of sp³-hybridized carbons (Fsp3) is 0.125. The van der Waals surface area contributed by atoms with Crippen LogP contribution in [0.3, 0.4) is 0 Å². The van der Waals surface area contributed by atoms with Gasteiger partial charge in [0.2, 0.25) is 0 Å². The highest BCUT2D eigenvalue weighted by atomic mass is 16.5. The number of likely N-dealkylation sites (N-methyl/N-ethyl adjacent to an activating group) is 1. The van der Waals surface area contributed by atoms with Crippen molar-refractivity contribution in [2.45, 2.75) is 20.8 Å². The lowest BCUT2D eigenvalue weighted by atomic mass is 10.1. The number of anilines is 3. The monoisotopic (exact) mass is 487 g/mol. The number of carbonyl (C=O) groups is 1. The average Bonchev–Trinajstić information content (AvgIpc) is 3.22. The van der Waals surface area contributed by atoms with E-state index in [-0.39, 0.29) is 11.7 Å². The Morgan fingerprint density at radius 3 is 2.00 bits per heavy atom. The minimum atomic E-state index is -0.189. The molecule has 1 amide bonds. The smallest absolute Gasteiger partial charge is 0.305 e. The summed E-state index contributed by atoms with van der Waals surface area (Å²) in [5.74, 6) is 0.0764. The molecule has 5 nitrogen and oxygen atoms in total. The van der Waals surface area contributed by atoms with Crippen LogP contribution in [0.4, 0.5) is 22.7 Å². The third-order valence-electron chi connectivity index (χ3n) is 6.26. The number of hydrogen-bond acceptors (Lipinski definition) is 4. The lowest BCUT2D eigenvalue weighted by Gasteiger charge is -2.25. The van der Waals surface area contributed by atoms with E-state index in [4.69, 9.17) is 4.74 Å². The number of ether oxygens (including phenoxy) is 1. The molecule has 4 aromatic carbocycles. The van der Waals surface area contributed by atoms with E-state index in [9.17, 15) is 4.79 Å². The molecule has 0 aromatic heterocycles. The lowest BCUT2D eigenvalue weighted by Crippen LogP contribution is -2.29. The molecule has 0 bridgehead atoms. The van der Waals surface area contributed by atoms with E-state index in [1.54, 1.807) is 11.0 Å². The second-order valence-electron chi connectivity index (χ2n) is 8.94. The molecule has 0 N–H and O–H groups in total. The van der Waals surface area contributed by atoms with E-state index in [1.807, 2.05) is 87.5 Å². The van der Waals surface area contributed by atoms with Crippen LogP contribution in [0, 0.1) is 13.8 Å². The summed E-state index contributed by atoms with van der Waals surface area (Å²) in [7, 11) is 0. The molecule has 1 saturated heterocycles. The van der Waals surface area contributed by atoms with Crippen molar-refractivity contribution in [1.82, 2.24) is 4.90 Å². The highest BCUT2D eigenvalue weighted by Gasteiger charge is 2.33. The van der Waals surface area contributed by atoms with Gasteiger partial charge in [-0.3, -0.25) is 9.69 Å². The summed E-state index contributed by atoms with van der Waals surface area (Å²) in [6, 6.07) is 35.0. The van der Waals surface area contributed by atoms with Crippen molar-refractivity contribution < 1.29 is 9.53 Å². The Hall–Kier alpha value is -4.64. The van der Waals surface area contributed by atoms with Gasteiger partial charge in [-0.05, 0) is 86.0 Å². The number of carbonyl (C=O) groups excluding carboxylic acids is 1. The number of aliphatic imine (C=N–C) groups is 1. The Balaban J connectivity index is 1.44. The number of aryl methyl sites for hydroxylation is 2. The topological polar surface area (TPSA) is 45.1 Å². The van der Waals surface area contributed by atoms with E-state index >= 15 is 0 Å². The van der Waals surface area contributed by atoms with Crippen molar-refractivity contribution in [1.29, 1.82) is 0 Å². The summed E-state index contributed by atoms with van der Waals surface area (Å²) in [5.41, 5.74) is 6.96. The summed E-state index contributed by atoms with van der Waals surface area (Å²) in [6.07, 6.45) is 1.77. The highest BCUT2D eigenvalue weighted by Crippen LogP contribution is 2.34. The van der Waals surface area contributed by atoms with Crippen LogP contribution in [0.15, 0.2) is 114 Å². The van der Waals surface area contributed by atoms with Crippen molar-refractivity contribution in [2.75, 3.05) is 11.4 Å². The number of nitrogens with zero attached hydrogens (tertiary/aromatic N) is 3. The van der Waals surface area contributed by atoms with Crippen molar-refractivity contribution in [3.05, 3.63) is 126 Å². The zero-order valence-corrected chi connectivity index (χ0v) is 21.3. The number of amidine groups is 1. The van der Waals surface area contributed by atoms with Gasteiger partial charge in [-0.15, -0.1) is 0 Å². The van der Waals surface area contributed by atoms with Gasteiger partial charge in [0.05, 0.1) is 5.69 Å². The zero-order chi connectivity index (χ0) is 25.8. The number of rotatable bonds is 6. The van der Waals surface area contributed by atoms with Crippen LogP contribution in [0.5, 0.6) is 0 Å². The molecule has 1 heterocycles. The van der Waals surface area contributed by atoms with E-state index in [0.29, 0.717) is 12.6 Å². The Bertz CT molecular complexity index is 1420. The fourth-order valence-electron chi connectivity index (χ4n) is 4.29. The highest BCUT2D eigenvalue weighted by molar-refractivity contribution is 6.11. The maximum absolute atomic E-state index is 13.1. The normalized spacial score (nSPS) is 15.3. The van der Waals surface area contributed by atoms with E-state index in [2.05, 4.69) is 46.3 Å². The summed E-state index contributed by atoms with van der Waals surface area (Å²) in [6.45, 7) is 6.41. The van der Waals surface area contributed by atoms with Gasteiger partial charge in [-0.2, -0.15) is 4.99 Å². The molecule has 0 unspecified atom stereocenters. The summed E-state index contributed by atoms with van der Waals surface area (Å²) >= 11 is 0. The van der Waals surface area contributed by atoms with Gasteiger partial charge in [0.25, 0.3) is 5.91 Å². The van der Waals surface area contributed by atoms with Crippen LogP contribution in [0.2, 0.25) is 0 Å². The molecule has 184 valence electrons. The molecular formula is C32H29N3O2. The van der Waals surface area contributed by atoms with Gasteiger partial charge in [0.1, 0.15) is 0 Å². The van der Waals surface area contributed by atoms with Crippen molar-refractivity contribution >= 4 is 40.8 Å². The van der Waals surface area contributed by atoms with E-state index in [1.165, 1.54) is 0 Å². The van der Waals surface area contributed by atoms with Gasteiger partial charge in [0.15, 0.2) is 5.76 Å². The molecule has 5 rings (SSSR count). The molecule has 5 heteroatoms. The zero-order valence-electron chi connectivity index (χ0n) is 21.3. The average molecular weight is 488 g/mol. The largest absolute Gasteiger partial charge is 0.419 e. The summed E-state index contributed by atoms with van der Waals surface area (Å²) in [4.78, 5) is 21.5. The predicted molar refractivity (Wildman–Crippen MR) is 151 cm³/mol. The maximum Gasteiger partial charge on any atom is 0.305 e. The van der Waals surface area contributed by atoms with Crippen LogP contribution in [0.1, 0.15) is 23.6 Å². The molecular weight excluding hydrogens is 458 g/mol. The minimum absolute atomic E-state index is 0.189. The molecule has 0 spiro atoms. The molecule has 37 heavy (non-hydrogen) atoms. The Labute approximate surface area is 218 Å². The first-order valence-electron chi connectivity index (χ1n) is 12.4. The molecule has 0 saturated carbocycles. The molecule has 0 atom stereocenters. The van der Waals surface area contributed by atoms with Crippen molar-refractivity contribution in [3.63, 3.8) is 0 Å². The van der Waals surface area contributed by atoms with Gasteiger partial charge < -0.3 is 9.64 Å². The number of hydrogen-bond donors (Lipinski definition) is 0. The van der Waals surface area contributed by atoms with Crippen molar-refractivity contribution in [2.24, 2.45) is 4.99 Å². The van der Waals surface area contributed by atoms with Crippen LogP contribution in [-0.2, 0) is 9.53 Å². The Kier molecular flexibility index (Phi) is 6.86. The first kappa shape index (κ1) is 24.1. The number of para-hydroxylation sites is 2. The van der Waals surface area contributed by atoms with E-state index < -0.39 is 0 Å². The van der Waals surface area contributed by atoms with Crippen LogP contribution in [-0.4, -0.2) is 23.4 Å². The SMILES string of the molecule is CCN1C(=O)/C(=C\c2ccc(N(c3ccccc3)c3ccccc3)cc2)O/C1=N/c1cc(C)ccc1C. The molecule has 1 aliphatic rings. The maximum atomic E-state index is 13.1. The van der Waals surface area contributed by atoms with E-state index in [0.717, 1.165) is 39.4 Å². The quantitative estimate of drug-likeness (QED) is 0.262. The molecule has 1 aliphatic heterocycles. The van der Waals surface area contributed by atoms with Gasteiger partial charge in [0, 0.05) is 23.6 Å². The summed E-state index contributed by atoms with van der Waals surface area (Å²) in [5, 5.41) is 0. The number of amides is 1. The lowest BCUT2D eigenvalue weighted by molar-refractivity contribution is -0.122. The first-order chi connectivity index (χ1) is 18.0. The Morgan fingerprint density at radius 1 is 0.811 bits per heavy atom. The second kappa shape index (κ2) is 10.5. The van der Waals surface area contributed by atoms with Gasteiger partial charge in [-0.1, -0.05) is 60.7 Å². The standard InChI is InChI=1S/C32H29N3O2/c1-4-34-31(36)30(37-32(34)33-29-21-23(2)15-16-24(29)3)22-25-17-19-28(20-18-25)35(26-11-7-5-8-12-26)27-13-9-6-10-14-27/h5-22H,4H2,1-3H3/b30-22+,33-32+.